The van der Waals surface area contributed by atoms with Crippen molar-refractivity contribution >= 4 is 5.91 Å². The summed E-state index contributed by atoms with van der Waals surface area (Å²) in [6.07, 6.45) is 0.337. The summed E-state index contributed by atoms with van der Waals surface area (Å²) in [5, 5.41) is 0. The zero-order valence-corrected chi connectivity index (χ0v) is 12.7. The molecule has 1 saturated heterocycles. The number of amides is 1. The van der Waals surface area contributed by atoms with Crippen LogP contribution in [-0.2, 0) is 9.53 Å². The Morgan fingerprint density at radius 2 is 2.10 bits per heavy atom. The van der Waals surface area contributed by atoms with Crippen molar-refractivity contribution in [2.75, 3.05) is 19.7 Å². The van der Waals surface area contributed by atoms with Crippen molar-refractivity contribution in [3.63, 3.8) is 0 Å². The summed E-state index contributed by atoms with van der Waals surface area (Å²) in [5.41, 5.74) is 0.136. The SMILES string of the molecule is CCC(C)(C)C(=O)N1CCOC(c2ccc(F)c(F)c2)C1. The Hall–Kier alpha value is -1.49. The van der Waals surface area contributed by atoms with Gasteiger partial charge in [-0.15, -0.1) is 0 Å². The number of halogens is 2. The normalized spacial score (nSPS) is 19.7. The fourth-order valence-electron chi connectivity index (χ4n) is 2.33. The second kappa shape index (κ2) is 6.10. The molecule has 5 heteroatoms. The highest BCUT2D eigenvalue weighted by Crippen LogP contribution is 2.28. The van der Waals surface area contributed by atoms with Gasteiger partial charge in [0.25, 0.3) is 0 Å². The van der Waals surface area contributed by atoms with Crippen molar-refractivity contribution in [1.29, 1.82) is 0 Å². The minimum absolute atomic E-state index is 0.0703. The van der Waals surface area contributed by atoms with E-state index in [0.29, 0.717) is 25.3 Å². The maximum atomic E-state index is 13.3. The van der Waals surface area contributed by atoms with E-state index in [1.807, 2.05) is 20.8 Å². The molecule has 0 saturated carbocycles. The monoisotopic (exact) mass is 297 g/mol. The number of carbonyl (C=O) groups excluding carboxylic acids is 1. The van der Waals surface area contributed by atoms with Gasteiger partial charge in [-0.2, -0.15) is 0 Å². The van der Waals surface area contributed by atoms with E-state index >= 15 is 0 Å². The van der Waals surface area contributed by atoms with Crippen LogP contribution >= 0.6 is 0 Å². The lowest BCUT2D eigenvalue weighted by Gasteiger charge is -2.37. The highest BCUT2D eigenvalue weighted by atomic mass is 19.2. The van der Waals surface area contributed by atoms with Gasteiger partial charge in [0.05, 0.1) is 13.2 Å². The van der Waals surface area contributed by atoms with Crippen LogP contribution < -0.4 is 0 Å². The first-order valence-corrected chi connectivity index (χ1v) is 7.21. The van der Waals surface area contributed by atoms with Gasteiger partial charge in [-0.3, -0.25) is 4.79 Å². The fraction of sp³-hybridized carbons (Fsp3) is 0.562. The Morgan fingerprint density at radius 3 is 2.71 bits per heavy atom. The lowest BCUT2D eigenvalue weighted by Crippen LogP contribution is -2.47. The molecule has 0 N–H and O–H groups in total. The summed E-state index contributed by atoms with van der Waals surface area (Å²) < 4.78 is 31.9. The van der Waals surface area contributed by atoms with E-state index in [-0.39, 0.29) is 5.91 Å². The van der Waals surface area contributed by atoms with Gasteiger partial charge in [0.2, 0.25) is 5.91 Å². The molecule has 0 bridgehead atoms. The van der Waals surface area contributed by atoms with Crippen LogP contribution in [0.4, 0.5) is 8.78 Å². The van der Waals surface area contributed by atoms with Gasteiger partial charge in [0.15, 0.2) is 11.6 Å². The van der Waals surface area contributed by atoms with Crippen LogP contribution in [0.5, 0.6) is 0 Å². The predicted octanol–water partition coefficient (Wildman–Crippen LogP) is 3.30. The van der Waals surface area contributed by atoms with E-state index in [2.05, 4.69) is 0 Å². The van der Waals surface area contributed by atoms with Gasteiger partial charge in [-0.25, -0.2) is 8.78 Å². The van der Waals surface area contributed by atoms with E-state index in [1.54, 1.807) is 4.90 Å². The van der Waals surface area contributed by atoms with E-state index < -0.39 is 23.2 Å². The minimum atomic E-state index is -0.895. The molecule has 21 heavy (non-hydrogen) atoms. The predicted molar refractivity (Wildman–Crippen MR) is 75.7 cm³/mol. The molecule has 1 aromatic rings. The molecular weight excluding hydrogens is 276 g/mol. The number of rotatable bonds is 3. The van der Waals surface area contributed by atoms with Crippen molar-refractivity contribution < 1.29 is 18.3 Å². The molecule has 0 radical (unpaired) electrons. The first-order chi connectivity index (χ1) is 9.85. The lowest BCUT2D eigenvalue weighted by molar-refractivity contribution is -0.148. The van der Waals surface area contributed by atoms with E-state index in [4.69, 9.17) is 4.74 Å². The molecule has 1 aliphatic heterocycles. The van der Waals surface area contributed by atoms with Gasteiger partial charge < -0.3 is 9.64 Å². The van der Waals surface area contributed by atoms with Gasteiger partial charge in [0, 0.05) is 12.0 Å². The van der Waals surface area contributed by atoms with E-state index in [9.17, 15) is 13.6 Å². The highest BCUT2D eigenvalue weighted by molar-refractivity contribution is 5.82. The fourth-order valence-corrected chi connectivity index (χ4v) is 2.33. The first-order valence-electron chi connectivity index (χ1n) is 7.21. The summed E-state index contributed by atoms with van der Waals surface area (Å²) in [6, 6.07) is 3.73. The molecule has 1 amide bonds. The lowest BCUT2D eigenvalue weighted by atomic mass is 9.88. The van der Waals surface area contributed by atoms with Crippen molar-refractivity contribution in [3.05, 3.63) is 35.4 Å². The third-order valence-electron chi connectivity index (χ3n) is 4.13. The molecule has 2 rings (SSSR count). The molecule has 1 fully saturated rings. The molecule has 1 unspecified atom stereocenters. The Balaban J connectivity index is 2.14. The van der Waals surface area contributed by atoms with Crippen LogP contribution in [0.1, 0.15) is 38.9 Å². The van der Waals surface area contributed by atoms with E-state index in [1.165, 1.54) is 6.07 Å². The van der Waals surface area contributed by atoms with Crippen LogP contribution in [0.3, 0.4) is 0 Å². The largest absolute Gasteiger partial charge is 0.370 e. The summed E-state index contributed by atoms with van der Waals surface area (Å²) in [7, 11) is 0. The van der Waals surface area contributed by atoms with Crippen molar-refractivity contribution in [2.24, 2.45) is 5.41 Å². The van der Waals surface area contributed by atoms with Crippen LogP contribution in [0.25, 0.3) is 0 Å². The van der Waals surface area contributed by atoms with Crippen LogP contribution in [0, 0.1) is 17.0 Å². The molecule has 3 nitrogen and oxygen atoms in total. The highest BCUT2D eigenvalue weighted by Gasteiger charge is 2.34. The summed E-state index contributed by atoms with van der Waals surface area (Å²) >= 11 is 0. The Labute approximate surface area is 123 Å². The smallest absolute Gasteiger partial charge is 0.228 e. The number of hydrogen-bond donors (Lipinski definition) is 0. The van der Waals surface area contributed by atoms with Crippen LogP contribution in [0.15, 0.2) is 18.2 Å². The standard InChI is InChI=1S/C16H21F2NO2/c1-4-16(2,3)15(20)19-7-8-21-14(10-19)11-5-6-12(17)13(18)9-11/h5-6,9,14H,4,7-8,10H2,1-3H3. The molecule has 1 aromatic carbocycles. The second-order valence-corrected chi connectivity index (χ2v) is 6.02. The molecular formula is C16H21F2NO2. The topological polar surface area (TPSA) is 29.5 Å². The third-order valence-corrected chi connectivity index (χ3v) is 4.13. The molecule has 0 spiro atoms. The maximum Gasteiger partial charge on any atom is 0.228 e. The Morgan fingerprint density at radius 1 is 1.38 bits per heavy atom. The zero-order valence-electron chi connectivity index (χ0n) is 12.7. The summed E-state index contributed by atoms with van der Waals surface area (Å²) in [5.74, 6) is -1.70. The Kier molecular flexibility index (Phi) is 4.61. The van der Waals surface area contributed by atoms with Crippen LogP contribution in [-0.4, -0.2) is 30.5 Å². The van der Waals surface area contributed by atoms with E-state index in [0.717, 1.165) is 18.6 Å². The van der Waals surface area contributed by atoms with Crippen LogP contribution in [0.2, 0.25) is 0 Å². The summed E-state index contributed by atoms with van der Waals surface area (Å²) in [6.45, 7) is 7.10. The average molecular weight is 297 g/mol. The van der Waals surface area contributed by atoms with Gasteiger partial charge in [-0.05, 0) is 24.1 Å². The van der Waals surface area contributed by atoms with Crippen molar-refractivity contribution in [1.82, 2.24) is 4.90 Å². The number of benzene rings is 1. The molecule has 0 aliphatic carbocycles. The van der Waals surface area contributed by atoms with Gasteiger partial charge in [-0.1, -0.05) is 26.8 Å². The molecule has 0 aromatic heterocycles. The number of nitrogens with zero attached hydrogens (tertiary/aromatic N) is 1. The van der Waals surface area contributed by atoms with Crippen molar-refractivity contribution in [3.8, 4) is 0 Å². The van der Waals surface area contributed by atoms with Crippen molar-refractivity contribution in [2.45, 2.75) is 33.3 Å². The average Bonchev–Trinajstić information content (AvgIpc) is 2.49. The Bertz CT molecular complexity index is 531. The molecule has 1 heterocycles. The second-order valence-electron chi connectivity index (χ2n) is 6.02. The van der Waals surface area contributed by atoms with Gasteiger partial charge in [0.1, 0.15) is 6.10 Å². The number of carbonyl (C=O) groups is 1. The summed E-state index contributed by atoms with van der Waals surface area (Å²) in [4.78, 5) is 14.2. The van der Waals surface area contributed by atoms with Gasteiger partial charge >= 0.3 is 0 Å². The zero-order chi connectivity index (χ0) is 15.6. The number of hydrogen-bond acceptors (Lipinski definition) is 2. The maximum absolute atomic E-state index is 13.3. The number of ether oxygens (including phenoxy) is 1. The number of morpholine rings is 1. The molecule has 1 aliphatic rings. The molecule has 116 valence electrons. The minimum Gasteiger partial charge on any atom is -0.370 e. The molecule has 1 atom stereocenters. The third kappa shape index (κ3) is 3.40. The quantitative estimate of drug-likeness (QED) is 0.856. The first kappa shape index (κ1) is 15.9.